The number of aliphatic hydroxyl groups excluding tert-OH is 5. The van der Waals surface area contributed by atoms with Gasteiger partial charge in [-0.2, -0.15) is 0 Å². The quantitative estimate of drug-likeness (QED) is 0.0195. The van der Waals surface area contributed by atoms with Crippen molar-refractivity contribution in [2.45, 2.75) is 423 Å². The fourth-order valence-electron chi connectivity index (χ4n) is 12.1. The minimum atomic E-state index is -1.57. The number of amides is 1. The third-order valence-corrected chi connectivity index (χ3v) is 18.1. The minimum absolute atomic E-state index is 0.0143. The number of unbranched alkanes of at least 4 members (excludes halogenated alkanes) is 51. The molecule has 0 aromatic rings. The number of carbonyl (C=O) groups is 2. The van der Waals surface area contributed by atoms with E-state index in [0.29, 0.717) is 19.4 Å². The summed E-state index contributed by atoms with van der Waals surface area (Å²) < 4.78 is 16.7. The zero-order valence-corrected chi connectivity index (χ0v) is 56.6. The summed E-state index contributed by atoms with van der Waals surface area (Å²) in [4.78, 5) is 25.2. The van der Waals surface area contributed by atoms with Crippen molar-refractivity contribution < 1.29 is 49.3 Å². The number of nitrogens with one attached hydrogen (secondary N) is 1. The van der Waals surface area contributed by atoms with E-state index in [1.54, 1.807) is 6.08 Å². The van der Waals surface area contributed by atoms with Gasteiger partial charge >= 0.3 is 5.97 Å². The van der Waals surface area contributed by atoms with E-state index in [4.69, 9.17) is 14.2 Å². The third kappa shape index (κ3) is 52.9. The van der Waals surface area contributed by atoms with Gasteiger partial charge in [0.2, 0.25) is 5.91 Å². The molecule has 1 saturated heterocycles. The number of rotatable bonds is 67. The SMILES string of the molecule is CCCCCCCCC/C=C/C(O)C(COC1OC(CO)C(O)C(O)C1O)NC(=O)CCCCCCCCCCCCCCCC/C=C\CCCCCCCCCCCCCCOC(=O)CCCCCCCCCCCCCCCCCCCCC. The van der Waals surface area contributed by atoms with E-state index in [0.717, 1.165) is 51.4 Å². The van der Waals surface area contributed by atoms with Crippen LogP contribution in [-0.4, -0.2) is 100 Å². The second kappa shape index (κ2) is 64.7. The highest BCUT2D eigenvalue weighted by atomic mass is 16.7. The topological polar surface area (TPSA) is 175 Å². The average molecular weight is 1220 g/mol. The van der Waals surface area contributed by atoms with E-state index in [1.807, 2.05) is 6.08 Å². The second-order valence-corrected chi connectivity index (χ2v) is 26.4. The number of hydrogen-bond acceptors (Lipinski definition) is 10. The van der Waals surface area contributed by atoms with E-state index >= 15 is 0 Å². The molecule has 6 N–H and O–H groups in total. The maximum Gasteiger partial charge on any atom is 0.305 e. The molecule has 0 bridgehead atoms. The van der Waals surface area contributed by atoms with Gasteiger partial charge in [-0.3, -0.25) is 9.59 Å². The fraction of sp³-hybridized carbons (Fsp3) is 0.920. The minimum Gasteiger partial charge on any atom is -0.466 e. The predicted octanol–water partition coefficient (Wildman–Crippen LogP) is 19.6. The van der Waals surface area contributed by atoms with Crippen molar-refractivity contribution in [3.8, 4) is 0 Å². The smallest absolute Gasteiger partial charge is 0.305 e. The summed E-state index contributed by atoms with van der Waals surface area (Å²) in [5.41, 5.74) is 0. The number of ether oxygens (including phenoxy) is 3. The van der Waals surface area contributed by atoms with Gasteiger partial charge < -0.3 is 45.1 Å². The molecule has 7 atom stereocenters. The summed E-state index contributed by atoms with van der Waals surface area (Å²) in [5, 5.41) is 54.3. The molecule has 508 valence electrons. The van der Waals surface area contributed by atoms with Crippen LogP contribution in [0.3, 0.4) is 0 Å². The van der Waals surface area contributed by atoms with Gasteiger partial charge in [0.1, 0.15) is 24.4 Å². The molecule has 11 heteroatoms. The molecule has 0 saturated carbocycles. The highest BCUT2D eigenvalue weighted by molar-refractivity contribution is 5.76. The molecule has 11 nitrogen and oxygen atoms in total. The van der Waals surface area contributed by atoms with Gasteiger partial charge in [0.25, 0.3) is 0 Å². The first-order valence-electron chi connectivity index (χ1n) is 37.6. The van der Waals surface area contributed by atoms with Gasteiger partial charge in [0.05, 0.1) is 32.0 Å². The van der Waals surface area contributed by atoms with Crippen molar-refractivity contribution >= 4 is 11.9 Å². The van der Waals surface area contributed by atoms with Crippen molar-refractivity contribution in [3.05, 3.63) is 24.3 Å². The zero-order valence-electron chi connectivity index (χ0n) is 56.6. The van der Waals surface area contributed by atoms with Crippen LogP contribution in [0.15, 0.2) is 24.3 Å². The molecule has 0 radical (unpaired) electrons. The Morgan fingerprint density at radius 2 is 0.744 bits per heavy atom. The van der Waals surface area contributed by atoms with Gasteiger partial charge in [0, 0.05) is 12.8 Å². The number of carbonyl (C=O) groups excluding carboxylic acids is 2. The van der Waals surface area contributed by atoms with Crippen LogP contribution in [-0.2, 0) is 23.8 Å². The first-order chi connectivity index (χ1) is 42.2. The largest absolute Gasteiger partial charge is 0.466 e. The molecule has 1 fully saturated rings. The highest BCUT2D eigenvalue weighted by Crippen LogP contribution is 2.24. The van der Waals surface area contributed by atoms with E-state index in [-0.39, 0.29) is 18.5 Å². The van der Waals surface area contributed by atoms with Gasteiger partial charge in [-0.25, -0.2) is 0 Å². The monoisotopic (exact) mass is 1220 g/mol. The molecule has 1 aliphatic heterocycles. The Labute approximate surface area is 531 Å². The number of aliphatic hydroxyl groups is 5. The number of esters is 1. The summed E-state index contributed by atoms with van der Waals surface area (Å²) in [6, 6.07) is -0.807. The summed E-state index contributed by atoms with van der Waals surface area (Å²) in [5.74, 6) is -0.166. The molecule has 1 heterocycles. The molecule has 0 aromatic carbocycles. The van der Waals surface area contributed by atoms with E-state index < -0.39 is 49.5 Å². The highest BCUT2D eigenvalue weighted by Gasteiger charge is 2.44. The molecule has 1 aliphatic rings. The van der Waals surface area contributed by atoms with Crippen molar-refractivity contribution in [1.82, 2.24) is 5.32 Å². The van der Waals surface area contributed by atoms with Gasteiger partial charge in [-0.1, -0.05) is 334 Å². The first-order valence-corrected chi connectivity index (χ1v) is 37.6. The molecule has 0 aliphatic carbocycles. The lowest BCUT2D eigenvalue weighted by Gasteiger charge is -2.40. The van der Waals surface area contributed by atoms with Crippen LogP contribution >= 0.6 is 0 Å². The lowest BCUT2D eigenvalue weighted by Crippen LogP contribution is -2.60. The standard InChI is InChI=1S/C75H143NO10/c1-3-5-7-9-11-13-14-15-16-17-30-34-37-40-43-47-51-55-59-63-71(80)84-64-60-56-52-48-44-41-38-35-32-29-27-25-23-21-19-18-20-22-24-26-28-31-33-36-39-42-46-50-54-58-62-70(79)76-67(68(78)61-57-53-49-45-12-10-8-6-4-2)66-85-75-74(83)73(82)72(81)69(65-77)86-75/h19,21,57,61,67-69,72-75,77-78,81-83H,3-18,20,22-56,58-60,62-66H2,1-2H3,(H,76,79)/b21-19-,61-57+. The van der Waals surface area contributed by atoms with Crippen LogP contribution in [0.2, 0.25) is 0 Å². The number of hydrogen-bond donors (Lipinski definition) is 6. The van der Waals surface area contributed by atoms with Crippen LogP contribution in [0.4, 0.5) is 0 Å². The van der Waals surface area contributed by atoms with Gasteiger partial charge in [0.15, 0.2) is 6.29 Å². The van der Waals surface area contributed by atoms with Crippen LogP contribution in [0.25, 0.3) is 0 Å². The van der Waals surface area contributed by atoms with Crippen LogP contribution in [0, 0.1) is 0 Å². The van der Waals surface area contributed by atoms with Crippen molar-refractivity contribution in [1.29, 1.82) is 0 Å². The molecular formula is C75H143NO10. The van der Waals surface area contributed by atoms with E-state index in [9.17, 15) is 35.1 Å². The summed E-state index contributed by atoms with van der Waals surface area (Å²) in [7, 11) is 0. The Kier molecular flexibility index (Phi) is 61.8. The molecule has 0 spiro atoms. The Morgan fingerprint density at radius 1 is 0.419 bits per heavy atom. The van der Waals surface area contributed by atoms with E-state index in [2.05, 4.69) is 31.3 Å². The number of allylic oxidation sites excluding steroid dienone is 3. The molecule has 7 unspecified atom stereocenters. The predicted molar refractivity (Wildman–Crippen MR) is 361 cm³/mol. The van der Waals surface area contributed by atoms with Gasteiger partial charge in [-0.15, -0.1) is 0 Å². The molecular weight excluding hydrogens is 1070 g/mol. The molecule has 86 heavy (non-hydrogen) atoms. The molecule has 0 aromatic heterocycles. The van der Waals surface area contributed by atoms with E-state index in [1.165, 1.54) is 302 Å². The molecule has 1 amide bonds. The third-order valence-electron chi connectivity index (χ3n) is 18.1. The van der Waals surface area contributed by atoms with Crippen LogP contribution in [0.5, 0.6) is 0 Å². The lowest BCUT2D eigenvalue weighted by molar-refractivity contribution is -0.302. The lowest BCUT2D eigenvalue weighted by atomic mass is 9.99. The van der Waals surface area contributed by atoms with Crippen molar-refractivity contribution in [2.24, 2.45) is 0 Å². The zero-order chi connectivity index (χ0) is 62.3. The summed E-state index contributed by atoms with van der Waals surface area (Å²) in [6.07, 6.45) is 72.1. The van der Waals surface area contributed by atoms with Crippen LogP contribution < -0.4 is 5.32 Å². The first kappa shape index (κ1) is 82.2. The molecule has 1 rings (SSSR count). The van der Waals surface area contributed by atoms with Crippen LogP contribution in [0.1, 0.15) is 380 Å². The maximum absolute atomic E-state index is 13.0. The Bertz CT molecular complexity index is 1480. The van der Waals surface area contributed by atoms with Crippen molar-refractivity contribution in [2.75, 3.05) is 19.8 Å². The van der Waals surface area contributed by atoms with Crippen molar-refractivity contribution in [3.63, 3.8) is 0 Å². The maximum atomic E-state index is 13.0. The normalized spacial score (nSPS) is 18.0. The Hall–Kier alpha value is -1.86. The second-order valence-electron chi connectivity index (χ2n) is 26.4. The fourth-order valence-corrected chi connectivity index (χ4v) is 12.1. The summed E-state index contributed by atoms with van der Waals surface area (Å²) in [6.45, 7) is 4.36. The average Bonchev–Trinajstić information content (AvgIpc) is 3.48. The van der Waals surface area contributed by atoms with Gasteiger partial charge in [-0.05, 0) is 57.8 Å². The summed E-state index contributed by atoms with van der Waals surface area (Å²) >= 11 is 0. The Morgan fingerprint density at radius 3 is 1.12 bits per heavy atom. The Balaban J connectivity index is 1.88.